The standard InChI is InChI=1S/C16H20N2O2/c1-4-9-20-16(19)15-10-17-11-18(15)13(3)14-8-6-5-7-12(14)2/h5-8,10-11,13H,4,9H2,1-3H3/t13-/m1/s1. The van der Waals surface area contributed by atoms with Gasteiger partial charge in [0.1, 0.15) is 5.69 Å². The molecule has 1 heterocycles. The summed E-state index contributed by atoms with van der Waals surface area (Å²) in [6.45, 7) is 6.53. The SMILES string of the molecule is CCCOC(=O)c1cncn1[C@H](C)c1ccccc1C. The molecule has 2 rings (SSSR count). The summed E-state index contributed by atoms with van der Waals surface area (Å²) in [4.78, 5) is 16.1. The zero-order valence-electron chi connectivity index (χ0n) is 12.2. The normalized spacial score (nSPS) is 12.2. The monoisotopic (exact) mass is 272 g/mol. The van der Waals surface area contributed by atoms with Crippen LogP contribution < -0.4 is 0 Å². The number of nitrogens with zero attached hydrogens (tertiary/aromatic N) is 2. The van der Waals surface area contributed by atoms with E-state index in [0.717, 1.165) is 6.42 Å². The van der Waals surface area contributed by atoms with Crippen LogP contribution in [0.25, 0.3) is 0 Å². The van der Waals surface area contributed by atoms with E-state index in [1.54, 1.807) is 12.5 Å². The molecular weight excluding hydrogens is 252 g/mol. The van der Waals surface area contributed by atoms with Gasteiger partial charge < -0.3 is 9.30 Å². The molecule has 0 N–H and O–H groups in total. The molecule has 0 saturated carbocycles. The Morgan fingerprint density at radius 2 is 2.15 bits per heavy atom. The van der Waals surface area contributed by atoms with E-state index in [9.17, 15) is 4.79 Å². The number of imidazole rings is 1. The molecule has 0 saturated heterocycles. The number of esters is 1. The fourth-order valence-electron chi connectivity index (χ4n) is 2.25. The third-order valence-corrected chi connectivity index (χ3v) is 3.37. The van der Waals surface area contributed by atoms with Crippen LogP contribution in [0.1, 0.15) is 47.9 Å². The van der Waals surface area contributed by atoms with Crippen molar-refractivity contribution in [2.24, 2.45) is 0 Å². The average Bonchev–Trinajstić information content (AvgIpc) is 2.94. The molecule has 0 aliphatic rings. The highest BCUT2D eigenvalue weighted by molar-refractivity contribution is 5.87. The summed E-state index contributed by atoms with van der Waals surface area (Å²) in [6.07, 6.45) is 4.06. The van der Waals surface area contributed by atoms with Gasteiger partial charge in [-0.3, -0.25) is 0 Å². The number of hydrogen-bond acceptors (Lipinski definition) is 3. The Morgan fingerprint density at radius 1 is 1.40 bits per heavy atom. The summed E-state index contributed by atoms with van der Waals surface area (Å²) in [5.74, 6) is -0.315. The number of aryl methyl sites for hydroxylation is 1. The second-order valence-corrected chi connectivity index (χ2v) is 4.85. The first-order valence-corrected chi connectivity index (χ1v) is 6.89. The molecule has 0 radical (unpaired) electrons. The molecule has 0 spiro atoms. The second kappa shape index (κ2) is 6.37. The number of benzene rings is 1. The van der Waals surface area contributed by atoms with Crippen molar-refractivity contribution in [1.29, 1.82) is 0 Å². The van der Waals surface area contributed by atoms with E-state index in [0.29, 0.717) is 12.3 Å². The number of aromatic nitrogens is 2. The molecule has 0 amide bonds. The van der Waals surface area contributed by atoms with Crippen LogP contribution in [0.2, 0.25) is 0 Å². The summed E-state index contributed by atoms with van der Waals surface area (Å²) < 4.78 is 7.05. The second-order valence-electron chi connectivity index (χ2n) is 4.85. The fourth-order valence-corrected chi connectivity index (χ4v) is 2.25. The summed E-state index contributed by atoms with van der Waals surface area (Å²) in [7, 11) is 0. The van der Waals surface area contributed by atoms with E-state index >= 15 is 0 Å². The van der Waals surface area contributed by atoms with Crippen molar-refractivity contribution in [2.75, 3.05) is 6.61 Å². The van der Waals surface area contributed by atoms with E-state index in [1.807, 2.05) is 23.6 Å². The van der Waals surface area contributed by atoms with Gasteiger partial charge in [-0.15, -0.1) is 0 Å². The maximum atomic E-state index is 12.0. The molecule has 0 aliphatic heterocycles. The van der Waals surface area contributed by atoms with Crippen LogP contribution in [0.15, 0.2) is 36.8 Å². The summed E-state index contributed by atoms with van der Waals surface area (Å²) in [5.41, 5.74) is 2.87. The topological polar surface area (TPSA) is 44.1 Å². The molecule has 1 aromatic heterocycles. The van der Waals surface area contributed by atoms with Crippen molar-refractivity contribution in [3.05, 3.63) is 53.6 Å². The number of carbonyl (C=O) groups excluding carboxylic acids is 1. The van der Waals surface area contributed by atoms with Gasteiger partial charge >= 0.3 is 5.97 Å². The van der Waals surface area contributed by atoms with Crippen LogP contribution >= 0.6 is 0 Å². The van der Waals surface area contributed by atoms with E-state index in [-0.39, 0.29) is 12.0 Å². The highest BCUT2D eigenvalue weighted by Gasteiger charge is 2.18. The molecule has 0 fully saturated rings. The lowest BCUT2D eigenvalue weighted by molar-refractivity contribution is 0.0491. The molecule has 106 valence electrons. The third-order valence-electron chi connectivity index (χ3n) is 3.37. The summed E-state index contributed by atoms with van der Waals surface area (Å²) in [6, 6.07) is 8.20. The number of carbonyl (C=O) groups is 1. The van der Waals surface area contributed by atoms with E-state index in [1.165, 1.54) is 11.1 Å². The first kappa shape index (κ1) is 14.3. The minimum atomic E-state index is -0.315. The van der Waals surface area contributed by atoms with Gasteiger partial charge in [-0.25, -0.2) is 9.78 Å². The maximum Gasteiger partial charge on any atom is 0.356 e. The highest BCUT2D eigenvalue weighted by Crippen LogP contribution is 2.23. The molecule has 20 heavy (non-hydrogen) atoms. The number of hydrogen-bond donors (Lipinski definition) is 0. The van der Waals surface area contributed by atoms with Gasteiger partial charge in [0.15, 0.2) is 0 Å². The number of ether oxygens (including phenoxy) is 1. The third kappa shape index (κ3) is 2.90. The highest BCUT2D eigenvalue weighted by atomic mass is 16.5. The van der Waals surface area contributed by atoms with Crippen molar-refractivity contribution in [3.8, 4) is 0 Å². The lowest BCUT2D eigenvalue weighted by Gasteiger charge is -2.18. The minimum absolute atomic E-state index is 0.0443. The Morgan fingerprint density at radius 3 is 2.85 bits per heavy atom. The van der Waals surface area contributed by atoms with Gasteiger partial charge in [0.25, 0.3) is 0 Å². The molecule has 0 unspecified atom stereocenters. The Kier molecular flexibility index (Phi) is 4.56. The van der Waals surface area contributed by atoms with Crippen LogP contribution in [-0.4, -0.2) is 22.1 Å². The average molecular weight is 272 g/mol. The lowest BCUT2D eigenvalue weighted by Crippen LogP contribution is -2.16. The van der Waals surface area contributed by atoms with Crippen molar-refractivity contribution in [2.45, 2.75) is 33.2 Å². The zero-order chi connectivity index (χ0) is 14.5. The van der Waals surface area contributed by atoms with Crippen molar-refractivity contribution < 1.29 is 9.53 Å². The molecule has 1 aromatic carbocycles. The zero-order valence-corrected chi connectivity index (χ0v) is 12.2. The van der Waals surface area contributed by atoms with Crippen LogP contribution in [0.5, 0.6) is 0 Å². The molecule has 0 bridgehead atoms. The molecule has 1 atom stereocenters. The Hall–Kier alpha value is -2.10. The Balaban J connectivity index is 2.28. The van der Waals surface area contributed by atoms with Gasteiger partial charge in [0.05, 0.1) is 25.2 Å². The first-order chi connectivity index (χ1) is 9.65. The molecule has 4 nitrogen and oxygen atoms in total. The summed E-state index contributed by atoms with van der Waals surface area (Å²) in [5, 5.41) is 0. The van der Waals surface area contributed by atoms with Crippen molar-refractivity contribution >= 4 is 5.97 Å². The molecular formula is C16H20N2O2. The largest absolute Gasteiger partial charge is 0.461 e. The fraction of sp³-hybridized carbons (Fsp3) is 0.375. The maximum absolute atomic E-state index is 12.0. The van der Waals surface area contributed by atoms with Gasteiger partial charge in [-0.05, 0) is 31.4 Å². The quantitative estimate of drug-likeness (QED) is 0.784. The van der Waals surface area contributed by atoms with Crippen molar-refractivity contribution in [3.63, 3.8) is 0 Å². The number of rotatable bonds is 5. The Labute approximate surface area is 119 Å². The van der Waals surface area contributed by atoms with Crippen molar-refractivity contribution in [1.82, 2.24) is 9.55 Å². The lowest BCUT2D eigenvalue weighted by atomic mass is 10.0. The smallest absolute Gasteiger partial charge is 0.356 e. The molecule has 4 heteroatoms. The van der Waals surface area contributed by atoms with Gasteiger partial charge in [0, 0.05) is 0 Å². The van der Waals surface area contributed by atoms with E-state index < -0.39 is 0 Å². The van der Waals surface area contributed by atoms with Gasteiger partial charge in [-0.1, -0.05) is 31.2 Å². The predicted octanol–water partition coefficient (Wildman–Crippen LogP) is 3.37. The molecule has 2 aromatic rings. The van der Waals surface area contributed by atoms with Crippen LogP contribution in [-0.2, 0) is 4.74 Å². The van der Waals surface area contributed by atoms with Crippen LogP contribution in [0, 0.1) is 6.92 Å². The Bertz CT molecular complexity index is 590. The van der Waals surface area contributed by atoms with Gasteiger partial charge in [0.2, 0.25) is 0 Å². The van der Waals surface area contributed by atoms with E-state index in [4.69, 9.17) is 4.74 Å². The van der Waals surface area contributed by atoms with Gasteiger partial charge in [-0.2, -0.15) is 0 Å². The van der Waals surface area contributed by atoms with Crippen LogP contribution in [0.4, 0.5) is 0 Å². The predicted molar refractivity (Wildman–Crippen MR) is 77.8 cm³/mol. The molecule has 0 aliphatic carbocycles. The minimum Gasteiger partial charge on any atom is -0.461 e. The first-order valence-electron chi connectivity index (χ1n) is 6.89. The summed E-state index contributed by atoms with van der Waals surface area (Å²) >= 11 is 0. The van der Waals surface area contributed by atoms with Crippen LogP contribution in [0.3, 0.4) is 0 Å². The van der Waals surface area contributed by atoms with E-state index in [2.05, 4.69) is 31.0 Å².